The van der Waals surface area contributed by atoms with Gasteiger partial charge in [-0.05, 0) is 89.2 Å². The number of aryl methyl sites for hydroxylation is 2. The van der Waals surface area contributed by atoms with E-state index in [0.29, 0.717) is 16.9 Å². The van der Waals surface area contributed by atoms with Crippen molar-refractivity contribution in [3.05, 3.63) is 221 Å². The van der Waals surface area contributed by atoms with E-state index in [2.05, 4.69) is 32.9 Å². The van der Waals surface area contributed by atoms with Crippen LogP contribution in [0.1, 0.15) is 63.8 Å². The number of rotatable bonds is 8. The van der Waals surface area contributed by atoms with Crippen LogP contribution in [-0.4, -0.2) is 9.55 Å². The fourth-order valence-electron chi connectivity index (χ4n) is 10.2. The molecule has 0 spiro atoms. The van der Waals surface area contributed by atoms with Gasteiger partial charge < -0.3 is 19.1 Å². The maximum atomic E-state index is 16.4. The molecule has 0 bridgehead atoms. The van der Waals surface area contributed by atoms with Crippen LogP contribution >= 0.6 is 0 Å². The van der Waals surface area contributed by atoms with Gasteiger partial charge in [0.25, 0.3) is 0 Å². The molecule has 0 saturated heterocycles. The second-order valence-corrected chi connectivity index (χ2v) is 21.6. The van der Waals surface area contributed by atoms with E-state index in [1.165, 1.54) is 23.7 Å². The van der Waals surface area contributed by atoms with Crippen LogP contribution in [-0.2, 0) is 31.9 Å². The summed E-state index contributed by atoms with van der Waals surface area (Å²) in [5, 5.41) is 1.82. The summed E-state index contributed by atoms with van der Waals surface area (Å²) in [6.45, 7) is 16.2. The number of ether oxygens (including phenoxy) is 1. The summed E-state index contributed by atoms with van der Waals surface area (Å²) in [5.41, 5.74) is -0.501. The number of hydrogen-bond acceptors (Lipinski definition) is 4. The monoisotopic (exact) mass is 1270 g/mol. The first-order valence-electron chi connectivity index (χ1n) is 24.9. The minimum Gasteiger partial charge on any atom is -0.509 e. The molecule has 5 nitrogen and oxygen atoms in total. The Hall–Kier alpha value is -7.90. The summed E-state index contributed by atoms with van der Waals surface area (Å²) < 4.78 is 165. The summed E-state index contributed by atoms with van der Waals surface area (Å²) >= 11 is 0. The van der Waals surface area contributed by atoms with Crippen molar-refractivity contribution in [2.75, 3.05) is 9.80 Å². The molecule has 0 fully saturated rings. The molecule has 0 saturated carbocycles. The third-order valence-electron chi connectivity index (χ3n) is 14.1. The topological polar surface area (TPSA) is 33.5 Å². The zero-order valence-electron chi connectivity index (χ0n) is 43.9. The first kappa shape index (κ1) is 55.4. The molecule has 2 aromatic heterocycles. The summed E-state index contributed by atoms with van der Waals surface area (Å²) in [5.74, 6) is -22.6. The van der Waals surface area contributed by atoms with Gasteiger partial charge in [0.15, 0.2) is 46.5 Å². The number of pyridine rings is 1. The fraction of sp³-hybridized carbons (Fsp3) is 0.156. The quantitative estimate of drug-likeness (QED) is 0.0657. The Balaban J connectivity index is 0.00000720. The van der Waals surface area contributed by atoms with Crippen molar-refractivity contribution in [3.8, 4) is 50.7 Å². The van der Waals surface area contributed by atoms with E-state index < -0.39 is 91.5 Å². The van der Waals surface area contributed by atoms with E-state index in [0.717, 1.165) is 55.6 Å². The third kappa shape index (κ3) is 9.36. The van der Waals surface area contributed by atoms with Gasteiger partial charge in [0.1, 0.15) is 5.82 Å². The maximum absolute atomic E-state index is 16.4. The largest absolute Gasteiger partial charge is 0.509 e. The van der Waals surface area contributed by atoms with Crippen LogP contribution in [0.4, 0.5) is 66.7 Å². The minimum atomic E-state index is -2.49. The third-order valence-corrected chi connectivity index (χ3v) is 14.1. The molecule has 1 aliphatic heterocycles. The van der Waals surface area contributed by atoms with Gasteiger partial charge in [0, 0.05) is 72.5 Å². The number of aromatic nitrogens is 2. The van der Waals surface area contributed by atoms with Gasteiger partial charge in [-0.2, -0.15) is 6.07 Å². The van der Waals surface area contributed by atoms with Crippen molar-refractivity contribution in [1.82, 2.24) is 9.55 Å². The summed E-state index contributed by atoms with van der Waals surface area (Å²) in [7, 11) is 0. The molecule has 0 unspecified atom stereocenters. The Morgan fingerprint density at radius 3 is 1.56 bits per heavy atom. The number of benzene rings is 8. The molecule has 11 rings (SSSR count). The molecule has 3 heterocycles. The SMILES string of the molecule is Cc1cc(C)cc(-c2cc(Oc3[c-]c4c(cc3)c3ccccc3n4-c3cc(C(C)(C)C)ccn3)[c-]c(N3[CH-]N(c4c(-c5c(F)c(F)c(F)c(F)c5F)cc(C(C)(C)C)cc4-c4c(F)c(F)c(F)c(F)c4F)c4ccccc43)c2)c1.[Pt]. The molecule has 0 radical (unpaired) electrons. The van der Waals surface area contributed by atoms with Crippen LogP contribution in [0.25, 0.3) is 61.0 Å². The molecule has 0 aliphatic carbocycles. The maximum Gasteiger partial charge on any atom is 0.200 e. The molecule has 16 heteroatoms. The van der Waals surface area contributed by atoms with Crippen LogP contribution in [0.3, 0.4) is 0 Å². The number of halogens is 10. The number of fused-ring (bicyclic) bond motifs is 4. The van der Waals surface area contributed by atoms with E-state index in [1.54, 1.807) is 57.3 Å². The van der Waals surface area contributed by atoms with E-state index in [4.69, 9.17) is 9.72 Å². The van der Waals surface area contributed by atoms with E-state index >= 15 is 35.1 Å². The molecule has 410 valence electrons. The van der Waals surface area contributed by atoms with Crippen LogP contribution in [0.15, 0.2) is 121 Å². The van der Waals surface area contributed by atoms with Gasteiger partial charge in [-0.25, -0.2) is 48.9 Å². The zero-order chi connectivity index (χ0) is 56.3. The molecule has 1 aliphatic rings. The Bertz CT molecular complexity index is 4010. The second-order valence-electron chi connectivity index (χ2n) is 21.6. The van der Waals surface area contributed by atoms with Crippen LogP contribution in [0.5, 0.6) is 11.5 Å². The number of nitrogens with zero attached hydrogens (tertiary/aromatic N) is 4. The average Bonchev–Trinajstić information content (AvgIpc) is 4.16. The number of hydrogen-bond donors (Lipinski definition) is 0. The van der Waals surface area contributed by atoms with E-state index in [9.17, 15) is 8.78 Å². The molecule has 10 aromatic rings. The molecule has 0 atom stereocenters. The van der Waals surface area contributed by atoms with E-state index in [1.807, 2.05) is 79.1 Å². The normalized spacial score (nSPS) is 12.7. The molecule has 8 aromatic carbocycles. The first-order valence-corrected chi connectivity index (χ1v) is 24.9. The first-order chi connectivity index (χ1) is 37.4. The van der Waals surface area contributed by atoms with Crippen molar-refractivity contribution >= 4 is 44.6 Å². The Morgan fingerprint density at radius 2 is 1.00 bits per heavy atom. The Morgan fingerprint density at radius 1 is 0.487 bits per heavy atom. The predicted molar refractivity (Wildman–Crippen MR) is 287 cm³/mol. The summed E-state index contributed by atoms with van der Waals surface area (Å²) in [4.78, 5) is 7.43. The predicted octanol–water partition coefficient (Wildman–Crippen LogP) is 18.6. The van der Waals surface area contributed by atoms with Gasteiger partial charge in [0.2, 0.25) is 11.6 Å². The number of anilines is 4. The minimum absolute atomic E-state index is 0. The van der Waals surface area contributed by atoms with Crippen molar-refractivity contribution in [3.63, 3.8) is 0 Å². The average molecular weight is 1270 g/mol. The van der Waals surface area contributed by atoms with Gasteiger partial charge in [-0.3, -0.25) is 0 Å². The van der Waals surface area contributed by atoms with Crippen molar-refractivity contribution < 1.29 is 69.7 Å². The summed E-state index contributed by atoms with van der Waals surface area (Å²) in [6, 6.07) is 40.1. The Labute approximate surface area is 469 Å². The van der Waals surface area contributed by atoms with Gasteiger partial charge in [-0.1, -0.05) is 107 Å². The fourth-order valence-corrected chi connectivity index (χ4v) is 10.2. The zero-order valence-corrected chi connectivity index (χ0v) is 46.2. The molecule has 0 N–H and O–H groups in total. The van der Waals surface area contributed by atoms with Crippen molar-refractivity contribution in [2.45, 2.75) is 66.2 Å². The second kappa shape index (κ2) is 20.3. The smallest absolute Gasteiger partial charge is 0.200 e. The van der Waals surface area contributed by atoms with Crippen molar-refractivity contribution in [1.29, 1.82) is 0 Å². The number of para-hydroxylation sites is 3. The van der Waals surface area contributed by atoms with Crippen LogP contribution < -0.4 is 14.5 Å². The van der Waals surface area contributed by atoms with Gasteiger partial charge >= 0.3 is 0 Å². The molecule has 0 amide bonds. The van der Waals surface area contributed by atoms with Crippen molar-refractivity contribution in [2.24, 2.45) is 0 Å². The molecular formula is C64H45F10N4OPt-3. The molecule has 80 heavy (non-hydrogen) atoms. The summed E-state index contributed by atoms with van der Waals surface area (Å²) in [6.07, 6.45) is 1.76. The van der Waals surface area contributed by atoms with Crippen LogP contribution in [0.2, 0.25) is 0 Å². The van der Waals surface area contributed by atoms with Gasteiger partial charge in [0.05, 0.1) is 11.1 Å². The standard InChI is InChI=1S/C64H45F10N4O.Pt/c1-32-21-33(2)23-34(22-32)35-24-38(29-40(25-35)79-39-17-18-42-41-13-9-10-14-45(41)78(48(42)30-39)49-28-36(19-20-75-49)63(3,4)5)76-31-77(47-16-12-11-15-46(47)76)62-43(50-52(65)56(69)60(73)57(70)53(50)66)26-37(64(6,7)8)27-44(62)51-54(67)58(71)61(74)59(72)55(51)68;/h9-28,31H,1-8H3;/q-3;. The van der Waals surface area contributed by atoms with Crippen LogP contribution in [0, 0.1) is 90.8 Å². The van der Waals surface area contributed by atoms with Gasteiger partial charge in [-0.15, -0.1) is 53.6 Å². The Kier molecular flexibility index (Phi) is 14.1. The van der Waals surface area contributed by atoms with E-state index in [-0.39, 0.29) is 60.6 Å². The molecular weight excluding hydrogens is 1230 g/mol.